The maximum Gasteiger partial charge on any atom is 0.263 e. The number of hydrogen-bond donors (Lipinski definition) is 2. The fraction of sp³-hybridized carbons (Fsp3) is 0.357. The molecule has 0 radical (unpaired) electrons. The van der Waals surface area contributed by atoms with Crippen molar-refractivity contribution >= 4 is 41.0 Å². The van der Waals surface area contributed by atoms with Crippen LogP contribution >= 0.6 is 23.2 Å². The molecule has 198 valence electrons. The Labute approximate surface area is 231 Å². The standard InChI is InChI=1S/C28H29Cl2N5O3/c1-15(2)31-28-33-24-14-34(26(37)18-6-11-22(29)23(30)13-18)16(3)12-21(24)27(38)35(28)20-9-4-17(5-10-20)25(36)32-19-7-8-19/h4-6,9-11,13,15-16,19H,7-8,12,14H2,1-3H3,(H,31,33)(H,32,36)/t16-/m1/s1. The van der Waals surface area contributed by atoms with E-state index in [0.29, 0.717) is 50.5 Å². The number of carbonyl (C=O) groups is 2. The number of rotatable bonds is 6. The highest BCUT2D eigenvalue weighted by molar-refractivity contribution is 6.42. The summed E-state index contributed by atoms with van der Waals surface area (Å²) in [6.07, 6.45) is 2.39. The van der Waals surface area contributed by atoms with Crippen molar-refractivity contribution in [3.8, 4) is 5.69 Å². The summed E-state index contributed by atoms with van der Waals surface area (Å²) in [6.45, 7) is 6.03. The van der Waals surface area contributed by atoms with Gasteiger partial charge in [-0.2, -0.15) is 0 Å². The lowest BCUT2D eigenvalue weighted by Gasteiger charge is -2.34. The number of hydrogen-bond acceptors (Lipinski definition) is 5. The van der Waals surface area contributed by atoms with E-state index in [0.717, 1.165) is 12.8 Å². The van der Waals surface area contributed by atoms with Gasteiger partial charge in [-0.1, -0.05) is 23.2 Å². The first-order valence-corrected chi connectivity index (χ1v) is 13.5. The van der Waals surface area contributed by atoms with E-state index in [1.165, 1.54) is 0 Å². The normalized spacial score (nSPS) is 16.8. The first-order chi connectivity index (χ1) is 18.1. The van der Waals surface area contributed by atoms with Crippen LogP contribution in [0.25, 0.3) is 5.69 Å². The second-order valence-electron chi connectivity index (χ2n) is 10.2. The van der Waals surface area contributed by atoms with Crippen LogP contribution in [-0.2, 0) is 13.0 Å². The molecule has 1 aliphatic heterocycles. The van der Waals surface area contributed by atoms with Crippen LogP contribution < -0.4 is 16.2 Å². The molecule has 2 heterocycles. The van der Waals surface area contributed by atoms with Gasteiger partial charge in [0.15, 0.2) is 0 Å². The molecule has 1 aromatic heterocycles. The number of amides is 2. The molecule has 2 amide bonds. The van der Waals surface area contributed by atoms with Crippen molar-refractivity contribution in [3.63, 3.8) is 0 Å². The zero-order valence-electron chi connectivity index (χ0n) is 21.4. The fourth-order valence-electron chi connectivity index (χ4n) is 4.58. The highest BCUT2D eigenvalue weighted by Gasteiger charge is 2.32. The van der Waals surface area contributed by atoms with E-state index in [9.17, 15) is 14.4 Å². The Bertz CT molecular complexity index is 1460. The molecule has 0 saturated heterocycles. The van der Waals surface area contributed by atoms with Crippen molar-refractivity contribution in [3.05, 3.63) is 85.2 Å². The summed E-state index contributed by atoms with van der Waals surface area (Å²) >= 11 is 12.2. The van der Waals surface area contributed by atoms with Crippen LogP contribution in [0.4, 0.5) is 5.95 Å². The molecule has 1 saturated carbocycles. The van der Waals surface area contributed by atoms with Crippen molar-refractivity contribution in [2.24, 2.45) is 0 Å². The first-order valence-electron chi connectivity index (χ1n) is 12.7. The summed E-state index contributed by atoms with van der Waals surface area (Å²) in [7, 11) is 0. The molecule has 38 heavy (non-hydrogen) atoms. The number of aromatic nitrogens is 2. The number of fused-ring (bicyclic) bond motifs is 1. The number of carbonyl (C=O) groups excluding carboxylic acids is 2. The molecule has 10 heteroatoms. The fourth-order valence-corrected chi connectivity index (χ4v) is 4.88. The van der Waals surface area contributed by atoms with E-state index < -0.39 is 0 Å². The van der Waals surface area contributed by atoms with Crippen molar-refractivity contribution < 1.29 is 9.59 Å². The molecule has 2 aromatic carbocycles. The molecule has 1 aliphatic carbocycles. The van der Waals surface area contributed by atoms with E-state index in [4.69, 9.17) is 28.2 Å². The molecule has 1 atom stereocenters. The van der Waals surface area contributed by atoms with E-state index in [2.05, 4.69) is 10.6 Å². The number of anilines is 1. The average molecular weight is 554 g/mol. The minimum atomic E-state index is -0.232. The zero-order valence-corrected chi connectivity index (χ0v) is 22.9. The molecule has 8 nitrogen and oxygen atoms in total. The molecular weight excluding hydrogens is 525 g/mol. The van der Waals surface area contributed by atoms with E-state index in [-0.39, 0.29) is 42.0 Å². The van der Waals surface area contributed by atoms with Crippen LogP contribution in [0, 0.1) is 0 Å². The third-order valence-electron chi connectivity index (χ3n) is 6.76. The molecule has 1 fully saturated rings. The Morgan fingerprint density at radius 2 is 1.71 bits per heavy atom. The Morgan fingerprint density at radius 1 is 1.03 bits per heavy atom. The second kappa shape index (κ2) is 10.4. The molecule has 0 spiro atoms. The molecule has 0 bridgehead atoms. The molecule has 2 N–H and O–H groups in total. The predicted octanol–water partition coefficient (Wildman–Crippen LogP) is 4.84. The van der Waals surface area contributed by atoms with Gasteiger partial charge < -0.3 is 15.5 Å². The Morgan fingerprint density at radius 3 is 2.34 bits per heavy atom. The lowest BCUT2D eigenvalue weighted by atomic mass is 9.98. The molecule has 2 aliphatic rings. The summed E-state index contributed by atoms with van der Waals surface area (Å²) < 4.78 is 1.55. The number of benzene rings is 2. The summed E-state index contributed by atoms with van der Waals surface area (Å²) in [5.74, 6) is 0.0672. The van der Waals surface area contributed by atoms with Gasteiger partial charge >= 0.3 is 0 Å². The molecule has 5 rings (SSSR count). The van der Waals surface area contributed by atoms with Gasteiger partial charge in [0.05, 0.1) is 28.0 Å². The van der Waals surface area contributed by atoms with Gasteiger partial charge in [0.2, 0.25) is 5.95 Å². The Kier molecular flexibility index (Phi) is 7.20. The third-order valence-corrected chi connectivity index (χ3v) is 7.50. The van der Waals surface area contributed by atoms with Gasteiger partial charge in [0, 0.05) is 34.8 Å². The average Bonchev–Trinajstić information content (AvgIpc) is 3.69. The maximum atomic E-state index is 13.8. The summed E-state index contributed by atoms with van der Waals surface area (Å²) in [5.41, 5.74) is 2.51. The van der Waals surface area contributed by atoms with Crippen molar-refractivity contribution in [1.82, 2.24) is 19.8 Å². The van der Waals surface area contributed by atoms with Crippen molar-refractivity contribution in [2.75, 3.05) is 5.32 Å². The van der Waals surface area contributed by atoms with Crippen LogP contribution in [0.1, 0.15) is 65.6 Å². The molecular formula is C28H29Cl2N5O3. The SMILES string of the molecule is CC(C)Nc1nc2c(c(=O)n1-c1ccc(C(=O)NC3CC3)cc1)C[C@@H](C)N(C(=O)c1ccc(Cl)c(Cl)c1)C2. The third kappa shape index (κ3) is 5.28. The summed E-state index contributed by atoms with van der Waals surface area (Å²) in [6, 6.07) is 11.8. The van der Waals surface area contributed by atoms with E-state index in [1.54, 1.807) is 51.9 Å². The minimum absolute atomic E-state index is 0.00579. The van der Waals surface area contributed by atoms with Gasteiger partial charge in [0.1, 0.15) is 0 Å². The largest absolute Gasteiger partial charge is 0.353 e. The topological polar surface area (TPSA) is 96.3 Å². The second-order valence-corrected chi connectivity index (χ2v) is 11.0. The highest BCUT2D eigenvalue weighted by atomic mass is 35.5. The van der Waals surface area contributed by atoms with Gasteiger partial charge in [-0.05, 0) is 82.5 Å². The van der Waals surface area contributed by atoms with E-state index >= 15 is 0 Å². The monoisotopic (exact) mass is 553 g/mol. The Hall–Kier alpha value is -3.36. The van der Waals surface area contributed by atoms with Crippen molar-refractivity contribution in [2.45, 2.75) is 64.7 Å². The van der Waals surface area contributed by atoms with Crippen molar-refractivity contribution in [1.29, 1.82) is 0 Å². The molecule has 3 aromatic rings. The van der Waals surface area contributed by atoms with Gasteiger partial charge in [-0.3, -0.25) is 14.4 Å². The number of nitrogens with one attached hydrogen (secondary N) is 2. The van der Waals surface area contributed by atoms with Gasteiger partial charge in [-0.15, -0.1) is 0 Å². The van der Waals surface area contributed by atoms with Gasteiger partial charge in [-0.25, -0.2) is 9.55 Å². The number of nitrogens with zero attached hydrogens (tertiary/aromatic N) is 3. The van der Waals surface area contributed by atoms with E-state index in [1.807, 2.05) is 20.8 Å². The maximum absolute atomic E-state index is 13.8. The highest BCUT2D eigenvalue weighted by Crippen LogP contribution is 2.28. The van der Waals surface area contributed by atoms with Crippen LogP contribution in [0.15, 0.2) is 47.3 Å². The van der Waals surface area contributed by atoms with Crippen LogP contribution in [0.3, 0.4) is 0 Å². The Balaban J connectivity index is 1.49. The summed E-state index contributed by atoms with van der Waals surface area (Å²) in [5, 5.41) is 6.94. The van der Waals surface area contributed by atoms with Gasteiger partial charge in [0.25, 0.3) is 17.4 Å². The lowest BCUT2D eigenvalue weighted by Crippen LogP contribution is -2.46. The predicted molar refractivity (Wildman–Crippen MR) is 149 cm³/mol. The lowest BCUT2D eigenvalue weighted by molar-refractivity contribution is 0.0653. The summed E-state index contributed by atoms with van der Waals surface area (Å²) in [4.78, 5) is 46.1. The van der Waals surface area contributed by atoms with Crippen LogP contribution in [0.2, 0.25) is 10.0 Å². The molecule has 0 unspecified atom stereocenters. The zero-order chi connectivity index (χ0) is 27.1. The number of halogens is 2. The quantitative estimate of drug-likeness (QED) is 0.455. The van der Waals surface area contributed by atoms with Crippen LogP contribution in [-0.4, -0.2) is 44.4 Å². The van der Waals surface area contributed by atoms with Crippen LogP contribution in [0.5, 0.6) is 0 Å². The smallest absolute Gasteiger partial charge is 0.263 e. The first kappa shape index (κ1) is 26.3. The minimum Gasteiger partial charge on any atom is -0.353 e.